The number of nitrogens with one attached hydrogen (secondary N) is 1. The predicted octanol–water partition coefficient (Wildman–Crippen LogP) is 5.59. The SMILES string of the molecule is Cc1cc2nnc(SCC(=O)Nc3cccc(C(F)(F)F)c3)n2c2ccc(Cl)cc12. The van der Waals surface area contributed by atoms with Gasteiger partial charge in [0, 0.05) is 16.1 Å². The Balaban J connectivity index is 1.55. The number of alkyl halides is 3. The van der Waals surface area contributed by atoms with Crippen LogP contribution in [0.2, 0.25) is 5.02 Å². The minimum absolute atomic E-state index is 0.0417. The fourth-order valence-electron chi connectivity index (χ4n) is 3.09. The van der Waals surface area contributed by atoms with Crippen LogP contribution in [0.4, 0.5) is 18.9 Å². The highest BCUT2D eigenvalue weighted by Gasteiger charge is 2.30. The van der Waals surface area contributed by atoms with Crippen LogP contribution in [-0.2, 0) is 11.0 Å². The van der Waals surface area contributed by atoms with E-state index < -0.39 is 17.6 Å². The maximum atomic E-state index is 12.8. The van der Waals surface area contributed by atoms with E-state index in [-0.39, 0.29) is 11.4 Å². The van der Waals surface area contributed by atoms with Gasteiger partial charge in [-0.3, -0.25) is 9.20 Å². The molecular formula is C20H14ClF3N4OS. The third-order valence-corrected chi connectivity index (χ3v) is 5.60. The van der Waals surface area contributed by atoms with E-state index in [9.17, 15) is 18.0 Å². The molecule has 2 aromatic carbocycles. The fraction of sp³-hybridized carbons (Fsp3) is 0.150. The van der Waals surface area contributed by atoms with Crippen LogP contribution in [0.15, 0.2) is 53.7 Å². The van der Waals surface area contributed by atoms with Crippen molar-refractivity contribution in [2.45, 2.75) is 18.3 Å². The minimum Gasteiger partial charge on any atom is -0.325 e. The van der Waals surface area contributed by atoms with Gasteiger partial charge in [0.1, 0.15) is 0 Å². The van der Waals surface area contributed by atoms with Gasteiger partial charge in [-0.1, -0.05) is 29.4 Å². The third-order valence-electron chi connectivity index (χ3n) is 4.43. The summed E-state index contributed by atoms with van der Waals surface area (Å²) in [6.45, 7) is 1.95. The van der Waals surface area contributed by atoms with E-state index in [4.69, 9.17) is 11.6 Å². The van der Waals surface area contributed by atoms with Crippen molar-refractivity contribution in [1.29, 1.82) is 0 Å². The molecule has 2 aromatic heterocycles. The summed E-state index contributed by atoms with van der Waals surface area (Å²) in [5.41, 5.74) is 1.73. The van der Waals surface area contributed by atoms with E-state index in [2.05, 4.69) is 15.5 Å². The zero-order valence-electron chi connectivity index (χ0n) is 15.5. The summed E-state index contributed by atoms with van der Waals surface area (Å²) in [6, 6.07) is 11.8. The Bertz CT molecular complexity index is 1270. The highest BCUT2D eigenvalue weighted by atomic mass is 35.5. The number of nitrogens with zero attached hydrogens (tertiary/aromatic N) is 3. The number of halogens is 4. The summed E-state index contributed by atoms with van der Waals surface area (Å²) in [4.78, 5) is 12.3. The molecule has 0 bridgehead atoms. The number of anilines is 1. The number of aryl methyl sites for hydroxylation is 1. The van der Waals surface area contributed by atoms with Crippen LogP contribution in [0.1, 0.15) is 11.1 Å². The molecule has 5 nitrogen and oxygen atoms in total. The maximum absolute atomic E-state index is 12.8. The second kappa shape index (κ2) is 7.81. The number of carbonyl (C=O) groups excluding carboxylic acids is 1. The average molecular weight is 451 g/mol. The van der Waals surface area contributed by atoms with Crippen LogP contribution < -0.4 is 5.32 Å². The topological polar surface area (TPSA) is 59.3 Å². The smallest absolute Gasteiger partial charge is 0.325 e. The molecular weight excluding hydrogens is 437 g/mol. The molecule has 0 aliphatic heterocycles. The molecule has 2 heterocycles. The number of amides is 1. The first kappa shape index (κ1) is 20.5. The molecule has 4 rings (SSSR count). The van der Waals surface area contributed by atoms with Gasteiger partial charge in [0.05, 0.1) is 16.8 Å². The molecule has 0 aliphatic carbocycles. The van der Waals surface area contributed by atoms with Gasteiger partial charge < -0.3 is 5.32 Å². The van der Waals surface area contributed by atoms with Crippen molar-refractivity contribution in [2.24, 2.45) is 0 Å². The summed E-state index contributed by atoms with van der Waals surface area (Å²) in [5.74, 6) is -0.490. The summed E-state index contributed by atoms with van der Waals surface area (Å²) in [5, 5.41) is 12.8. The number of thioether (sulfide) groups is 1. The molecule has 0 radical (unpaired) electrons. The summed E-state index contributed by atoms with van der Waals surface area (Å²) in [6.07, 6.45) is -4.47. The van der Waals surface area contributed by atoms with Gasteiger partial charge >= 0.3 is 6.18 Å². The molecule has 0 unspecified atom stereocenters. The zero-order chi connectivity index (χ0) is 21.5. The van der Waals surface area contributed by atoms with Crippen molar-refractivity contribution >= 4 is 51.5 Å². The summed E-state index contributed by atoms with van der Waals surface area (Å²) in [7, 11) is 0. The second-order valence-electron chi connectivity index (χ2n) is 6.58. The number of carbonyl (C=O) groups is 1. The number of hydrogen-bond donors (Lipinski definition) is 1. The van der Waals surface area contributed by atoms with E-state index in [1.807, 2.05) is 29.5 Å². The third kappa shape index (κ3) is 4.08. The van der Waals surface area contributed by atoms with Gasteiger partial charge in [-0.2, -0.15) is 13.2 Å². The van der Waals surface area contributed by atoms with Gasteiger partial charge in [0.15, 0.2) is 10.8 Å². The molecule has 10 heteroatoms. The molecule has 0 saturated heterocycles. The standard InChI is InChI=1S/C20H14ClF3N4OS/c1-11-7-17-26-27-19(28(17)16-6-5-13(21)9-15(11)16)30-10-18(29)25-14-4-2-3-12(8-14)20(22,23)24/h2-9H,10H2,1H3,(H,25,29). The molecule has 0 spiro atoms. The summed E-state index contributed by atoms with van der Waals surface area (Å²) < 4.78 is 40.3. The van der Waals surface area contributed by atoms with Gasteiger partial charge in [0.25, 0.3) is 0 Å². The Kier molecular flexibility index (Phi) is 5.33. The van der Waals surface area contributed by atoms with Crippen molar-refractivity contribution in [2.75, 3.05) is 11.1 Å². The van der Waals surface area contributed by atoms with Gasteiger partial charge in [-0.25, -0.2) is 0 Å². The van der Waals surface area contributed by atoms with Crippen molar-refractivity contribution in [3.63, 3.8) is 0 Å². The lowest BCUT2D eigenvalue weighted by Crippen LogP contribution is -2.15. The monoisotopic (exact) mass is 450 g/mol. The summed E-state index contributed by atoms with van der Waals surface area (Å²) >= 11 is 7.25. The molecule has 0 aliphatic rings. The number of hydrogen-bond acceptors (Lipinski definition) is 4. The first-order valence-corrected chi connectivity index (χ1v) is 10.1. The van der Waals surface area contributed by atoms with Crippen molar-refractivity contribution in [3.05, 3.63) is 64.7 Å². The molecule has 154 valence electrons. The van der Waals surface area contributed by atoms with Gasteiger partial charge in [-0.15, -0.1) is 10.2 Å². The van der Waals surface area contributed by atoms with E-state index in [1.54, 1.807) is 6.07 Å². The van der Waals surface area contributed by atoms with Crippen LogP contribution in [0, 0.1) is 6.92 Å². The lowest BCUT2D eigenvalue weighted by Gasteiger charge is -2.10. The maximum Gasteiger partial charge on any atom is 0.416 e. The van der Waals surface area contributed by atoms with E-state index in [1.165, 1.54) is 12.1 Å². The Morgan fingerprint density at radius 1 is 1.17 bits per heavy atom. The Morgan fingerprint density at radius 2 is 1.97 bits per heavy atom. The van der Waals surface area contributed by atoms with Gasteiger partial charge in [-0.05, 0) is 55.0 Å². The van der Waals surface area contributed by atoms with E-state index >= 15 is 0 Å². The molecule has 1 amide bonds. The lowest BCUT2D eigenvalue weighted by atomic mass is 10.1. The van der Waals surface area contributed by atoms with Crippen molar-refractivity contribution < 1.29 is 18.0 Å². The first-order chi connectivity index (χ1) is 14.2. The number of rotatable bonds is 4. The Morgan fingerprint density at radius 3 is 2.73 bits per heavy atom. The number of pyridine rings is 1. The second-order valence-corrected chi connectivity index (χ2v) is 7.96. The average Bonchev–Trinajstić information content (AvgIpc) is 3.09. The van der Waals surface area contributed by atoms with E-state index in [0.717, 1.165) is 40.4 Å². The minimum atomic E-state index is -4.47. The zero-order valence-corrected chi connectivity index (χ0v) is 17.1. The number of aromatic nitrogens is 3. The molecule has 30 heavy (non-hydrogen) atoms. The molecule has 1 N–H and O–H groups in total. The highest BCUT2D eigenvalue weighted by Crippen LogP contribution is 2.31. The van der Waals surface area contributed by atoms with Crippen LogP contribution in [-0.4, -0.2) is 26.3 Å². The molecule has 0 fully saturated rings. The normalized spacial score (nSPS) is 11.9. The quantitative estimate of drug-likeness (QED) is 0.411. The molecule has 4 aromatic rings. The van der Waals surface area contributed by atoms with E-state index in [0.29, 0.717) is 15.8 Å². The van der Waals surface area contributed by atoms with Crippen LogP contribution >= 0.6 is 23.4 Å². The highest BCUT2D eigenvalue weighted by molar-refractivity contribution is 7.99. The molecule has 0 saturated carbocycles. The lowest BCUT2D eigenvalue weighted by molar-refractivity contribution is -0.137. The molecule has 0 atom stereocenters. The number of benzene rings is 2. The van der Waals surface area contributed by atoms with Crippen LogP contribution in [0.5, 0.6) is 0 Å². The predicted molar refractivity (Wildman–Crippen MR) is 111 cm³/mol. The fourth-order valence-corrected chi connectivity index (χ4v) is 4.01. The van der Waals surface area contributed by atoms with Crippen LogP contribution in [0.3, 0.4) is 0 Å². The van der Waals surface area contributed by atoms with Crippen molar-refractivity contribution in [1.82, 2.24) is 14.6 Å². The number of fused-ring (bicyclic) bond motifs is 3. The largest absolute Gasteiger partial charge is 0.416 e. The van der Waals surface area contributed by atoms with Gasteiger partial charge in [0.2, 0.25) is 5.91 Å². The Hall–Kier alpha value is -2.78. The first-order valence-electron chi connectivity index (χ1n) is 8.76. The Labute approximate surface area is 178 Å². The van der Waals surface area contributed by atoms with Crippen LogP contribution in [0.25, 0.3) is 16.6 Å². The van der Waals surface area contributed by atoms with Crippen molar-refractivity contribution in [3.8, 4) is 0 Å².